The molecule has 0 radical (unpaired) electrons. The number of nitrogens with one attached hydrogen (secondary N) is 2. The van der Waals surface area contributed by atoms with Crippen LogP contribution >= 0.6 is 8.60 Å². The Hall–Kier alpha value is -2.67. The maximum absolute atomic E-state index is 13.8. The first-order chi connectivity index (χ1) is 17.4. The maximum atomic E-state index is 13.8. The van der Waals surface area contributed by atoms with E-state index >= 15 is 0 Å². The molecule has 37 heavy (non-hydrogen) atoms. The molecule has 2 unspecified atom stereocenters. The minimum absolute atomic E-state index is 0.0466. The Morgan fingerprint density at radius 2 is 2.16 bits per heavy atom. The number of aryl methyl sites for hydroxylation is 1. The van der Waals surface area contributed by atoms with Crippen LogP contribution in [0.3, 0.4) is 0 Å². The predicted molar refractivity (Wildman–Crippen MR) is 136 cm³/mol. The summed E-state index contributed by atoms with van der Waals surface area (Å²) < 4.78 is 34.6. The van der Waals surface area contributed by atoms with Gasteiger partial charge in [-0.3, -0.25) is 9.36 Å². The van der Waals surface area contributed by atoms with E-state index in [1.54, 1.807) is 26.0 Å². The molecule has 5 N–H and O–H groups in total. The van der Waals surface area contributed by atoms with Crippen molar-refractivity contribution >= 4 is 26.0 Å². The first kappa shape index (κ1) is 28.9. The van der Waals surface area contributed by atoms with Crippen molar-refractivity contribution in [2.45, 2.75) is 65.1 Å². The summed E-state index contributed by atoms with van der Waals surface area (Å²) in [5, 5.41) is 5.98. The molecule has 0 bridgehead atoms. The zero-order valence-corrected chi connectivity index (χ0v) is 22.3. The number of carbonyl (C=O) groups is 1. The minimum Gasteiger partial charge on any atom is -0.489 e. The lowest BCUT2D eigenvalue weighted by Crippen LogP contribution is -2.41. The molecule has 1 aromatic carbocycles. The zero-order valence-electron chi connectivity index (χ0n) is 21.4. The Bertz CT molecular complexity index is 1160. The third kappa shape index (κ3) is 7.67. The van der Waals surface area contributed by atoms with Gasteiger partial charge in [0.05, 0.1) is 23.9 Å². The van der Waals surface area contributed by atoms with Gasteiger partial charge in [0.25, 0.3) is 5.91 Å². The van der Waals surface area contributed by atoms with Crippen LogP contribution in [0.25, 0.3) is 0 Å². The molecule has 1 saturated heterocycles. The van der Waals surface area contributed by atoms with Gasteiger partial charge in [-0.2, -0.15) is 4.98 Å². The molecular formula is C23H33FN5O7P. The number of amides is 1. The monoisotopic (exact) mass is 541 g/mol. The van der Waals surface area contributed by atoms with Crippen LogP contribution in [0.5, 0.6) is 5.75 Å². The van der Waals surface area contributed by atoms with Crippen LogP contribution < -0.4 is 27.0 Å². The van der Waals surface area contributed by atoms with E-state index in [1.807, 2.05) is 20.8 Å². The number of hydrogen-bond donors (Lipinski definition) is 4. The number of carbonyl (C=O) groups excluding carboxylic acids is 1. The summed E-state index contributed by atoms with van der Waals surface area (Å²) in [6.07, 6.45) is -0.661. The van der Waals surface area contributed by atoms with E-state index in [1.165, 1.54) is 12.3 Å². The lowest BCUT2D eigenvalue weighted by Gasteiger charge is -2.34. The quantitative estimate of drug-likeness (QED) is 0.316. The van der Waals surface area contributed by atoms with Crippen LogP contribution in [0.4, 0.5) is 15.9 Å². The van der Waals surface area contributed by atoms with Gasteiger partial charge >= 0.3 is 14.3 Å². The molecule has 3 atom stereocenters. The molecule has 0 saturated carbocycles. The normalized spacial score (nSPS) is 20.7. The van der Waals surface area contributed by atoms with Crippen LogP contribution in [0, 0.1) is 6.92 Å². The van der Waals surface area contributed by atoms with Crippen LogP contribution in [0.2, 0.25) is 0 Å². The number of rotatable bonds is 6. The van der Waals surface area contributed by atoms with Crippen molar-refractivity contribution in [3.63, 3.8) is 0 Å². The summed E-state index contributed by atoms with van der Waals surface area (Å²) in [6, 6.07) is 4.98. The first-order valence-electron chi connectivity index (χ1n) is 11.6. The van der Waals surface area contributed by atoms with Gasteiger partial charge < -0.3 is 29.5 Å². The Balaban J connectivity index is 0.000000414. The predicted octanol–water partition coefficient (Wildman–Crippen LogP) is 3.16. The van der Waals surface area contributed by atoms with Crippen molar-refractivity contribution in [1.82, 2.24) is 9.55 Å². The molecule has 1 amide bonds. The number of fused-ring (bicyclic) bond motifs is 1. The number of alkyl halides is 1. The van der Waals surface area contributed by atoms with Gasteiger partial charge in [0.1, 0.15) is 24.3 Å². The second-order valence-electron chi connectivity index (χ2n) is 9.48. The molecule has 4 rings (SSSR count). The van der Waals surface area contributed by atoms with E-state index in [0.29, 0.717) is 17.9 Å². The van der Waals surface area contributed by atoms with E-state index in [0.717, 1.165) is 15.8 Å². The highest BCUT2D eigenvalue weighted by Crippen LogP contribution is 2.35. The van der Waals surface area contributed by atoms with Crippen molar-refractivity contribution in [3.8, 4) is 5.75 Å². The lowest BCUT2D eigenvalue weighted by atomic mass is 10.0. The van der Waals surface area contributed by atoms with Gasteiger partial charge in [-0.15, -0.1) is 0 Å². The van der Waals surface area contributed by atoms with E-state index < -0.39 is 32.6 Å². The van der Waals surface area contributed by atoms with Crippen molar-refractivity contribution in [1.29, 1.82) is 0 Å². The highest BCUT2D eigenvalue weighted by Gasteiger charge is 2.31. The molecule has 1 fully saturated rings. The highest BCUT2D eigenvalue weighted by molar-refractivity contribution is 7.40. The molecule has 12 nitrogen and oxygen atoms in total. The van der Waals surface area contributed by atoms with Gasteiger partial charge in [-0.25, -0.2) is 19.7 Å². The molecule has 204 valence electrons. The molecule has 2 aliphatic rings. The number of ether oxygens (including phenoxy) is 2. The van der Waals surface area contributed by atoms with Gasteiger partial charge in [0.2, 0.25) is 0 Å². The number of nitrogens with two attached hydrogens (primary N) is 1. The molecular weight excluding hydrogens is 508 g/mol. The fourth-order valence-corrected chi connectivity index (χ4v) is 4.08. The molecule has 2 aliphatic heterocycles. The summed E-state index contributed by atoms with van der Waals surface area (Å²) >= 11 is 0. The van der Waals surface area contributed by atoms with Gasteiger partial charge in [0.15, 0.2) is 6.23 Å². The van der Waals surface area contributed by atoms with E-state index in [2.05, 4.69) is 30.7 Å². The molecule has 0 spiro atoms. The fraction of sp³-hybridized carbons (Fsp3) is 0.522. The standard InChI is InChI=1S/C20H23FN4O4.C3H10NO3P/c1-11-8-15-14(24-20(2,3)10-29-15)9-12(11)17(26)22-16-4-6-25(19(27)23-16)18-13(21)5-7-28-18;1-3(2)6-8(5)7-4/h4,6,8-9,13,18,24H,5,7,10H2,1-3H3,(H,22,23,26,27);3,5H,4H2,1-2H3/t13-,18?;/m0./s1. The molecule has 2 aromatic rings. The fourth-order valence-electron chi connectivity index (χ4n) is 3.67. The van der Waals surface area contributed by atoms with Crippen LogP contribution in [0.1, 0.15) is 56.3 Å². The van der Waals surface area contributed by atoms with Gasteiger partial charge in [-0.05, 0) is 58.4 Å². The van der Waals surface area contributed by atoms with E-state index in [9.17, 15) is 14.0 Å². The Morgan fingerprint density at radius 3 is 2.73 bits per heavy atom. The van der Waals surface area contributed by atoms with Gasteiger partial charge in [0, 0.05) is 18.2 Å². The maximum Gasteiger partial charge on any atom is 0.351 e. The van der Waals surface area contributed by atoms with Crippen molar-refractivity contribution in [2.75, 3.05) is 23.8 Å². The lowest BCUT2D eigenvalue weighted by molar-refractivity contribution is 0.0180. The number of anilines is 2. The van der Waals surface area contributed by atoms with Crippen LogP contribution in [-0.2, 0) is 13.9 Å². The first-order valence-corrected chi connectivity index (χ1v) is 12.8. The largest absolute Gasteiger partial charge is 0.489 e. The summed E-state index contributed by atoms with van der Waals surface area (Å²) in [6.45, 7) is 10.2. The number of benzene rings is 1. The van der Waals surface area contributed by atoms with E-state index in [4.69, 9.17) is 14.4 Å². The van der Waals surface area contributed by atoms with Gasteiger partial charge in [-0.1, -0.05) is 0 Å². The average Bonchev–Trinajstić information content (AvgIpc) is 3.24. The summed E-state index contributed by atoms with van der Waals surface area (Å²) in [4.78, 5) is 37.4. The smallest absolute Gasteiger partial charge is 0.351 e. The topological polar surface area (TPSA) is 159 Å². The second-order valence-corrected chi connectivity index (χ2v) is 10.4. The third-order valence-electron chi connectivity index (χ3n) is 5.36. The van der Waals surface area contributed by atoms with Crippen molar-refractivity contribution in [3.05, 3.63) is 46.0 Å². The SMILES string of the molecule is CC(C)OP(O)ON.Cc1cc2c(cc1C(=O)Nc1ccn(C3OCC[C@@H]3F)c(=O)n1)NC(C)(C)CO2. The number of nitrogens with zero attached hydrogens (tertiary/aromatic N) is 2. The number of hydrogen-bond acceptors (Lipinski definition) is 10. The summed E-state index contributed by atoms with van der Waals surface area (Å²) in [7, 11) is -1.84. The molecule has 1 aromatic heterocycles. The number of aromatic nitrogens is 2. The average molecular weight is 542 g/mol. The second kappa shape index (κ2) is 12.2. The third-order valence-corrected chi connectivity index (χ3v) is 6.14. The Labute approximate surface area is 215 Å². The summed E-state index contributed by atoms with van der Waals surface area (Å²) in [5.41, 5.74) is 0.963. The molecule has 0 aliphatic carbocycles. The summed E-state index contributed by atoms with van der Waals surface area (Å²) in [5.74, 6) is 4.95. The van der Waals surface area contributed by atoms with Crippen molar-refractivity contribution < 1.29 is 32.7 Å². The van der Waals surface area contributed by atoms with E-state index in [-0.39, 0.29) is 30.5 Å². The highest BCUT2D eigenvalue weighted by atomic mass is 31.2. The Kier molecular flexibility index (Phi) is 9.57. The minimum atomic E-state index is -1.84. The molecule has 14 heteroatoms. The zero-order chi connectivity index (χ0) is 27.3. The van der Waals surface area contributed by atoms with Crippen LogP contribution in [0.15, 0.2) is 29.2 Å². The Morgan fingerprint density at radius 1 is 1.43 bits per heavy atom. The number of halogens is 1. The van der Waals surface area contributed by atoms with Crippen LogP contribution in [-0.4, -0.2) is 51.4 Å². The molecule has 3 heterocycles. The van der Waals surface area contributed by atoms with Crippen molar-refractivity contribution in [2.24, 2.45) is 5.90 Å².